The maximum Gasteiger partial charge on any atom is 0.336 e. The molecule has 0 radical (unpaired) electrons. The fraction of sp³-hybridized carbons (Fsp3) is 0.857. The Bertz CT molecular complexity index is 267. The molecule has 0 aliphatic rings. The summed E-state index contributed by atoms with van der Waals surface area (Å²) in [5.41, 5.74) is 0. The van der Waals surface area contributed by atoms with Gasteiger partial charge < -0.3 is 4.74 Å². The van der Waals surface area contributed by atoms with Crippen LogP contribution in [0.25, 0.3) is 0 Å². The van der Waals surface area contributed by atoms with Crippen molar-refractivity contribution in [3.63, 3.8) is 0 Å². The molecule has 0 aliphatic heterocycles. The summed E-state index contributed by atoms with van der Waals surface area (Å²) in [5, 5.41) is 0. The fourth-order valence-corrected chi connectivity index (χ4v) is 1.40. The molecule has 0 aromatic rings. The van der Waals surface area contributed by atoms with Crippen molar-refractivity contribution in [1.82, 2.24) is 0 Å². The summed E-state index contributed by atoms with van der Waals surface area (Å²) in [4.78, 5) is 11.0. The lowest BCUT2D eigenvalue weighted by atomic mass is 10.1. The van der Waals surface area contributed by atoms with Crippen LogP contribution in [-0.4, -0.2) is 33.9 Å². The highest BCUT2D eigenvalue weighted by atomic mass is 32.2. The van der Waals surface area contributed by atoms with Gasteiger partial charge in [0.2, 0.25) is 0 Å². The Hall–Kier alpha value is -0.620. The van der Waals surface area contributed by atoms with E-state index in [0.717, 1.165) is 6.26 Å². The molecule has 0 unspecified atom stereocenters. The van der Waals surface area contributed by atoms with E-state index in [1.807, 2.05) is 0 Å². The third-order valence-electron chi connectivity index (χ3n) is 1.32. The summed E-state index contributed by atoms with van der Waals surface area (Å²) in [6.45, 7) is 3.35. The number of rotatable bonds is 4. The highest BCUT2D eigenvalue weighted by Crippen LogP contribution is 2.10. The topological polar surface area (TPSA) is 69.7 Å². The zero-order valence-corrected chi connectivity index (χ0v) is 8.92. The highest BCUT2D eigenvalue weighted by Gasteiger charge is 2.27. The summed E-state index contributed by atoms with van der Waals surface area (Å²) in [5.74, 6) is -0.928. The van der Waals surface area contributed by atoms with Gasteiger partial charge in [-0.1, -0.05) is 13.8 Å². The van der Waals surface area contributed by atoms with Gasteiger partial charge in [-0.05, 0) is 5.92 Å². The van der Waals surface area contributed by atoms with Gasteiger partial charge in [-0.2, -0.15) is 8.42 Å². The molecule has 0 saturated carbocycles. The molecule has 0 N–H and O–H groups in total. The van der Waals surface area contributed by atoms with E-state index in [1.54, 1.807) is 13.8 Å². The van der Waals surface area contributed by atoms with E-state index in [0.29, 0.717) is 0 Å². The molecule has 0 aromatic carbocycles. The van der Waals surface area contributed by atoms with E-state index in [-0.39, 0.29) is 5.92 Å². The average Bonchev–Trinajstić information content (AvgIpc) is 1.96. The van der Waals surface area contributed by atoms with Gasteiger partial charge in [-0.25, -0.2) is 4.79 Å². The van der Waals surface area contributed by atoms with Gasteiger partial charge in [-0.15, -0.1) is 0 Å². The maximum absolute atomic E-state index is 11.0. The predicted octanol–water partition coefficient (Wildman–Crippen LogP) is 0.160. The van der Waals surface area contributed by atoms with E-state index < -0.39 is 22.2 Å². The Balaban J connectivity index is 4.55. The lowest BCUT2D eigenvalue weighted by molar-refractivity contribution is -0.150. The second-order valence-electron chi connectivity index (χ2n) is 2.99. The van der Waals surface area contributed by atoms with E-state index >= 15 is 0 Å². The molecule has 1 atom stereocenters. The summed E-state index contributed by atoms with van der Waals surface area (Å²) < 4.78 is 30.4. The first kappa shape index (κ1) is 12.4. The molecule has 0 aromatic heterocycles. The van der Waals surface area contributed by atoms with Gasteiger partial charge in [-0.3, -0.25) is 4.18 Å². The molecule has 0 amide bonds. The maximum atomic E-state index is 11.0. The second kappa shape index (κ2) is 4.57. The third-order valence-corrected chi connectivity index (χ3v) is 1.87. The lowest BCUT2D eigenvalue weighted by Crippen LogP contribution is -2.32. The summed E-state index contributed by atoms with van der Waals surface area (Å²) >= 11 is 0. The van der Waals surface area contributed by atoms with Gasteiger partial charge in [0.25, 0.3) is 10.1 Å². The molecule has 0 saturated heterocycles. The Morgan fingerprint density at radius 3 is 2.00 bits per heavy atom. The van der Waals surface area contributed by atoms with Gasteiger partial charge in [0, 0.05) is 0 Å². The van der Waals surface area contributed by atoms with Crippen molar-refractivity contribution in [3.8, 4) is 0 Å². The number of hydrogen-bond acceptors (Lipinski definition) is 5. The molecule has 0 heterocycles. The standard InChI is InChI=1S/C7H14O5S/c1-5(2)6(7(8)11-3)12-13(4,9)10/h5-6H,1-4H3/t6-/m1/s1. The zero-order valence-electron chi connectivity index (χ0n) is 8.10. The summed E-state index contributed by atoms with van der Waals surface area (Å²) in [6.07, 6.45) is -0.161. The Kier molecular flexibility index (Phi) is 4.35. The van der Waals surface area contributed by atoms with Crippen LogP contribution >= 0.6 is 0 Å². The van der Waals surface area contributed by atoms with Crippen LogP contribution in [0.2, 0.25) is 0 Å². The second-order valence-corrected chi connectivity index (χ2v) is 4.59. The Labute approximate surface area is 78.2 Å². The fourth-order valence-electron chi connectivity index (χ4n) is 0.727. The molecule has 0 fully saturated rings. The van der Waals surface area contributed by atoms with Gasteiger partial charge in [0.1, 0.15) is 0 Å². The van der Waals surface area contributed by atoms with E-state index in [9.17, 15) is 13.2 Å². The summed E-state index contributed by atoms with van der Waals surface area (Å²) in [7, 11) is -2.44. The molecule has 0 bridgehead atoms. The van der Waals surface area contributed by atoms with Crippen molar-refractivity contribution in [3.05, 3.63) is 0 Å². The number of esters is 1. The Morgan fingerprint density at radius 1 is 1.31 bits per heavy atom. The number of carbonyl (C=O) groups is 1. The molecule has 0 rings (SSSR count). The zero-order chi connectivity index (χ0) is 10.6. The summed E-state index contributed by atoms with van der Waals surface area (Å²) in [6, 6.07) is 0. The minimum absolute atomic E-state index is 0.248. The van der Waals surface area contributed by atoms with Crippen molar-refractivity contribution in [1.29, 1.82) is 0 Å². The van der Waals surface area contributed by atoms with Crippen LogP contribution in [0.5, 0.6) is 0 Å². The highest BCUT2D eigenvalue weighted by molar-refractivity contribution is 7.86. The van der Waals surface area contributed by atoms with Gasteiger partial charge >= 0.3 is 5.97 Å². The average molecular weight is 210 g/mol. The van der Waals surface area contributed by atoms with E-state index in [4.69, 9.17) is 0 Å². The number of hydrogen-bond donors (Lipinski definition) is 0. The van der Waals surface area contributed by atoms with Crippen molar-refractivity contribution in [2.75, 3.05) is 13.4 Å². The first-order chi connectivity index (χ1) is 5.78. The van der Waals surface area contributed by atoms with Gasteiger partial charge in [0.05, 0.1) is 13.4 Å². The first-order valence-electron chi connectivity index (χ1n) is 3.74. The van der Waals surface area contributed by atoms with Crippen LogP contribution in [-0.2, 0) is 23.8 Å². The molecule has 0 spiro atoms. The third kappa shape index (κ3) is 4.84. The molecular formula is C7H14O5S. The minimum Gasteiger partial charge on any atom is -0.467 e. The number of carbonyl (C=O) groups excluding carboxylic acids is 1. The van der Waals surface area contributed by atoms with Crippen LogP contribution in [0.3, 0.4) is 0 Å². The van der Waals surface area contributed by atoms with Crippen molar-refractivity contribution in [2.24, 2.45) is 5.92 Å². The van der Waals surface area contributed by atoms with Crippen LogP contribution in [0, 0.1) is 5.92 Å². The smallest absolute Gasteiger partial charge is 0.336 e. The lowest BCUT2D eigenvalue weighted by Gasteiger charge is -2.16. The van der Waals surface area contributed by atoms with Gasteiger partial charge in [0.15, 0.2) is 6.10 Å². The predicted molar refractivity (Wildman–Crippen MR) is 46.6 cm³/mol. The van der Waals surface area contributed by atoms with E-state index in [2.05, 4.69) is 8.92 Å². The van der Waals surface area contributed by atoms with Crippen LogP contribution < -0.4 is 0 Å². The van der Waals surface area contributed by atoms with Crippen molar-refractivity contribution in [2.45, 2.75) is 20.0 Å². The molecule has 6 heteroatoms. The molecule has 78 valence electrons. The number of methoxy groups -OCH3 is 1. The van der Waals surface area contributed by atoms with Crippen LogP contribution in [0.4, 0.5) is 0 Å². The quantitative estimate of drug-likeness (QED) is 0.488. The normalized spacial score (nSPS) is 14.2. The van der Waals surface area contributed by atoms with Crippen molar-refractivity contribution >= 4 is 16.1 Å². The number of ether oxygens (including phenoxy) is 1. The SMILES string of the molecule is COC(=O)[C@H](OS(C)(=O)=O)C(C)C. The molecule has 5 nitrogen and oxygen atoms in total. The Morgan fingerprint density at radius 2 is 1.77 bits per heavy atom. The van der Waals surface area contributed by atoms with Crippen molar-refractivity contribution < 1.29 is 22.1 Å². The monoisotopic (exact) mass is 210 g/mol. The van der Waals surface area contributed by atoms with Crippen LogP contribution in [0.1, 0.15) is 13.8 Å². The molecule has 13 heavy (non-hydrogen) atoms. The van der Waals surface area contributed by atoms with Crippen LogP contribution in [0.15, 0.2) is 0 Å². The largest absolute Gasteiger partial charge is 0.467 e. The minimum atomic E-state index is -3.62. The molecule has 0 aliphatic carbocycles. The van der Waals surface area contributed by atoms with E-state index in [1.165, 1.54) is 7.11 Å². The first-order valence-corrected chi connectivity index (χ1v) is 5.55. The molecular weight excluding hydrogens is 196 g/mol.